The number of methoxy groups -OCH3 is 1. The zero-order valence-corrected chi connectivity index (χ0v) is 17.5. The summed E-state index contributed by atoms with van der Waals surface area (Å²) in [5.41, 5.74) is 0. The molecule has 0 fully saturated rings. The van der Waals surface area contributed by atoms with Gasteiger partial charge in [-0.05, 0) is 11.8 Å². The Morgan fingerprint density at radius 3 is 2.00 bits per heavy atom. The lowest BCUT2D eigenvalue weighted by Crippen LogP contribution is -2.01. The van der Waals surface area contributed by atoms with Crippen LogP contribution in [0.2, 0.25) is 0 Å². The lowest BCUT2D eigenvalue weighted by atomic mass is 10.2. The van der Waals surface area contributed by atoms with E-state index < -0.39 is 0 Å². The van der Waals surface area contributed by atoms with Crippen molar-refractivity contribution < 1.29 is 9.53 Å². The monoisotopic (exact) mass is 370 g/mol. The molecule has 0 rings (SSSR count). The summed E-state index contributed by atoms with van der Waals surface area (Å²) in [6.07, 6.45) is 17.1. The second kappa shape index (κ2) is 20.2. The SMILES string of the molecule is CC(C)/C=C/C=C\CS.COC(=O)CCSC/C=C\C=C\C(C)C. The Kier molecular flexibility index (Phi) is 21.3. The summed E-state index contributed by atoms with van der Waals surface area (Å²) in [5.74, 6) is 3.70. The first-order chi connectivity index (χ1) is 11.4. The van der Waals surface area contributed by atoms with E-state index >= 15 is 0 Å². The number of thiol groups is 1. The van der Waals surface area contributed by atoms with E-state index in [1.807, 2.05) is 18.2 Å². The van der Waals surface area contributed by atoms with Crippen LogP contribution in [0.4, 0.5) is 0 Å². The van der Waals surface area contributed by atoms with Crippen LogP contribution in [-0.2, 0) is 9.53 Å². The van der Waals surface area contributed by atoms with Gasteiger partial charge >= 0.3 is 5.97 Å². The summed E-state index contributed by atoms with van der Waals surface area (Å²) < 4.78 is 4.54. The van der Waals surface area contributed by atoms with Crippen molar-refractivity contribution in [2.75, 3.05) is 24.4 Å². The third kappa shape index (κ3) is 26.0. The summed E-state index contributed by atoms with van der Waals surface area (Å²) in [6.45, 7) is 8.61. The molecule has 0 aliphatic carbocycles. The van der Waals surface area contributed by atoms with Crippen LogP contribution in [0.3, 0.4) is 0 Å². The van der Waals surface area contributed by atoms with Crippen LogP contribution in [-0.4, -0.2) is 30.3 Å². The molecular weight excluding hydrogens is 336 g/mol. The highest BCUT2D eigenvalue weighted by Crippen LogP contribution is 2.03. The molecule has 0 unspecified atom stereocenters. The number of carbonyl (C=O) groups is 1. The van der Waals surface area contributed by atoms with Crippen molar-refractivity contribution in [2.24, 2.45) is 11.8 Å². The average Bonchev–Trinajstić information content (AvgIpc) is 2.54. The largest absolute Gasteiger partial charge is 0.469 e. The van der Waals surface area contributed by atoms with Crippen LogP contribution in [0, 0.1) is 11.8 Å². The molecule has 0 amide bonds. The first kappa shape index (κ1) is 25.4. The highest BCUT2D eigenvalue weighted by Gasteiger charge is 1.97. The van der Waals surface area contributed by atoms with E-state index in [1.165, 1.54) is 7.11 Å². The third-order valence-corrected chi connectivity index (χ3v) is 3.62. The summed E-state index contributed by atoms with van der Waals surface area (Å²) >= 11 is 5.76. The maximum Gasteiger partial charge on any atom is 0.306 e. The van der Waals surface area contributed by atoms with E-state index in [9.17, 15) is 4.79 Å². The molecule has 4 heteroatoms. The normalized spacial score (nSPS) is 12.0. The molecular formula is C20H34O2S2. The molecule has 0 aromatic rings. The summed E-state index contributed by atoms with van der Waals surface area (Å²) in [7, 11) is 1.42. The van der Waals surface area contributed by atoms with Gasteiger partial charge in [0, 0.05) is 17.3 Å². The minimum absolute atomic E-state index is 0.133. The Bertz CT molecular complexity index is 394. The highest BCUT2D eigenvalue weighted by molar-refractivity contribution is 7.99. The smallest absolute Gasteiger partial charge is 0.306 e. The lowest BCUT2D eigenvalue weighted by Gasteiger charge is -1.96. The molecule has 0 saturated carbocycles. The number of rotatable bonds is 10. The molecule has 0 bridgehead atoms. The first-order valence-electron chi connectivity index (χ1n) is 8.36. The Morgan fingerprint density at radius 2 is 1.54 bits per heavy atom. The number of ether oxygens (including phenoxy) is 1. The van der Waals surface area contributed by atoms with Gasteiger partial charge in [0.05, 0.1) is 13.5 Å². The van der Waals surface area contributed by atoms with Crippen molar-refractivity contribution in [1.82, 2.24) is 0 Å². The molecule has 138 valence electrons. The van der Waals surface area contributed by atoms with Gasteiger partial charge < -0.3 is 4.74 Å². The average molecular weight is 371 g/mol. The van der Waals surface area contributed by atoms with E-state index in [-0.39, 0.29) is 5.97 Å². The lowest BCUT2D eigenvalue weighted by molar-refractivity contribution is -0.140. The number of hydrogen-bond donors (Lipinski definition) is 1. The molecule has 0 radical (unpaired) electrons. The molecule has 0 aliphatic rings. The van der Waals surface area contributed by atoms with Crippen molar-refractivity contribution in [1.29, 1.82) is 0 Å². The van der Waals surface area contributed by atoms with Gasteiger partial charge in [-0.25, -0.2) is 0 Å². The van der Waals surface area contributed by atoms with Gasteiger partial charge in [-0.1, -0.05) is 76.3 Å². The Balaban J connectivity index is 0. The predicted molar refractivity (Wildman–Crippen MR) is 114 cm³/mol. The van der Waals surface area contributed by atoms with Gasteiger partial charge in [0.1, 0.15) is 0 Å². The number of hydrogen-bond acceptors (Lipinski definition) is 4. The van der Waals surface area contributed by atoms with Crippen LogP contribution in [0.25, 0.3) is 0 Å². The first-order valence-corrected chi connectivity index (χ1v) is 10.1. The molecule has 0 spiro atoms. The van der Waals surface area contributed by atoms with Crippen molar-refractivity contribution in [3.63, 3.8) is 0 Å². The molecule has 2 nitrogen and oxygen atoms in total. The molecule has 0 aromatic carbocycles. The number of allylic oxidation sites excluding steroid dienone is 6. The molecule has 0 heterocycles. The zero-order chi connectivity index (χ0) is 18.6. The quantitative estimate of drug-likeness (QED) is 0.230. The van der Waals surface area contributed by atoms with Crippen molar-refractivity contribution in [3.8, 4) is 0 Å². The fourth-order valence-electron chi connectivity index (χ4n) is 1.26. The minimum atomic E-state index is -0.133. The second-order valence-corrected chi connectivity index (χ2v) is 7.21. The highest BCUT2D eigenvalue weighted by atomic mass is 32.2. The molecule has 0 saturated heterocycles. The molecule has 0 N–H and O–H groups in total. The fourth-order valence-corrected chi connectivity index (χ4v) is 2.10. The van der Waals surface area contributed by atoms with Gasteiger partial charge in [0.25, 0.3) is 0 Å². The topological polar surface area (TPSA) is 26.3 Å². The van der Waals surface area contributed by atoms with Gasteiger partial charge in [-0.2, -0.15) is 24.4 Å². The molecule has 24 heavy (non-hydrogen) atoms. The van der Waals surface area contributed by atoms with E-state index in [4.69, 9.17) is 0 Å². The summed E-state index contributed by atoms with van der Waals surface area (Å²) in [4.78, 5) is 10.8. The minimum Gasteiger partial charge on any atom is -0.469 e. The van der Waals surface area contributed by atoms with Crippen LogP contribution >= 0.6 is 24.4 Å². The Hall–Kier alpha value is -0.870. The standard InChI is InChI=1S/C12H20O2S.C8H14S/c1-11(2)7-5-4-6-9-15-10-8-12(13)14-3;1-8(2)6-4-3-5-7-9/h4-7,11H,8-10H2,1-3H3;3-6,8-9H,7H2,1-2H3/b6-4-,7-5+;5-3-,6-4+. The van der Waals surface area contributed by atoms with Gasteiger partial charge in [0.2, 0.25) is 0 Å². The maximum absolute atomic E-state index is 10.8. The number of esters is 1. The molecule has 0 aromatic heterocycles. The van der Waals surface area contributed by atoms with Gasteiger partial charge in [0.15, 0.2) is 0 Å². The Morgan fingerprint density at radius 1 is 1.00 bits per heavy atom. The van der Waals surface area contributed by atoms with Crippen molar-refractivity contribution in [3.05, 3.63) is 48.6 Å². The Labute approximate surface area is 158 Å². The molecule has 0 aliphatic heterocycles. The van der Waals surface area contributed by atoms with E-state index in [2.05, 4.69) is 75.4 Å². The second-order valence-electron chi connectivity index (χ2n) is 5.70. The van der Waals surface area contributed by atoms with Crippen molar-refractivity contribution in [2.45, 2.75) is 34.1 Å². The molecule has 0 atom stereocenters. The third-order valence-electron chi connectivity index (χ3n) is 2.48. The predicted octanol–water partition coefficient (Wildman–Crippen LogP) is 5.74. The van der Waals surface area contributed by atoms with E-state index in [1.54, 1.807) is 11.8 Å². The van der Waals surface area contributed by atoms with Crippen LogP contribution in [0.1, 0.15) is 34.1 Å². The fraction of sp³-hybridized carbons (Fsp3) is 0.550. The van der Waals surface area contributed by atoms with Crippen LogP contribution in [0.5, 0.6) is 0 Å². The van der Waals surface area contributed by atoms with Gasteiger partial charge in [-0.15, -0.1) is 0 Å². The van der Waals surface area contributed by atoms with E-state index in [0.29, 0.717) is 18.3 Å². The summed E-state index contributed by atoms with van der Waals surface area (Å²) in [6, 6.07) is 0. The zero-order valence-electron chi connectivity index (χ0n) is 15.8. The number of carbonyl (C=O) groups excluding carboxylic acids is 1. The summed E-state index contributed by atoms with van der Waals surface area (Å²) in [5, 5.41) is 0. The van der Waals surface area contributed by atoms with E-state index in [0.717, 1.165) is 17.3 Å². The van der Waals surface area contributed by atoms with Crippen LogP contribution in [0.15, 0.2) is 48.6 Å². The maximum atomic E-state index is 10.8. The number of thioether (sulfide) groups is 1. The van der Waals surface area contributed by atoms with Crippen molar-refractivity contribution >= 4 is 30.4 Å². The van der Waals surface area contributed by atoms with Gasteiger partial charge in [-0.3, -0.25) is 4.79 Å². The van der Waals surface area contributed by atoms with Crippen LogP contribution < -0.4 is 0 Å².